The van der Waals surface area contributed by atoms with Gasteiger partial charge in [0.1, 0.15) is 6.33 Å². The van der Waals surface area contributed by atoms with Crippen LogP contribution in [0.2, 0.25) is 0 Å². The van der Waals surface area contributed by atoms with Crippen LogP contribution in [0.5, 0.6) is 0 Å². The van der Waals surface area contributed by atoms with Gasteiger partial charge >= 0.3 is 5.69 Å². The Bertz CT molecular complexity index is 471. The van der Waals surface area contributed by atoms with Crippen molar-refractivity contribution in [3.05, 3.63) is 16.4 Å². The molecule has 0 radical (unpaired) electrons. The summed E-state index contributed by atoms with van der Waals surface area (Å²) in [4.78, 5) is 17.9. The number of nitrogen functional groups attached to an aromatic ring is 1. The van der Waals surface area contributed by atoms with Gasteiger partial charge in [-0.3, -0.25) is 10.1 Å². The van der Waals surface area contributed by atoms with Crippen molar-refractivity contribution in [3.8, 4) is 0 Å². The third-order valence-corrected chi connectivity index (χ3v) is 3.76. The first-order valence-electron chi connectivity index (χ1n) is 5.95. The molecule has 0 amide bonds. The maximum Gasteiger partial charge on any atom is 0.352 e. The molecule has 7 nitrogen and oxygen atoms in total. The number of aromatic nitrogens is 2. The lowest BCUT2D eigenvalue weighted by atomic mass is 9.92. The van der Waals surface area contributed by atoms with Crippen LogP contribution in [0.15, 0.2) is 6.33 Å². The zero-order chi connectivity index (χ0) is 13.3. The van der Waals surface area contributed by atoms with E-state index in [0.29, 0.717) is 12.5 Å². The van der Waals surface area contributed by atoms with Crippen molar-refractivity contribution in [1.82, 2.24) is 9.97 Å². The zero-order valence-electron chi connectivity index (χ0n) is 10.5. The monoisotopic (exact) mass is 251 g/mol. The van der Waals surface area contributed by atoms with Crippen molar-refractivity contribution in [2.24, 2.45) is 11.3 Å². The fraction of sp³-hybridized carbons (Fsp3) is 0.636. The third-order valence-electron chi connectivity index (χ3n) is 3.76. The summed E-state index contributed by atoms with van der Waals surface area (Å²) in [5.74, 6) is 0.648. The maximum atomic E-state index is 10.9. The average molecular weight is 251 g/mol. The van der Waals surface area contributed by atoms with Gasteiger partial charge in [-0.2, -0.15) is 0 Å². The lowest BCUT2D eigenvalue weighted by Crippen LogP contribution is -2.22. The van der Waals surface area contributed by atoms with Crippen LogP contribution in [0.4, 0.5) is 17.3 Å². The Balaban J connectivity index is 2.15. The summed E-state index contributed by atoms with van der Waals surface area (Å²) in [6.45, 7) is 5.01. The second-order valence-electron chi connectivity index (χ2n) is 5.08. The third kappa shape index (κ3) is 2.20. The van der Waals surface area contributed by atoms with E-state index in [2.05, 4.69) is 29.1 Å². The summed E-state index contributed by atoms with van der Waals surface area (Å²) in [5, 5.41) is 14.0. The van der Waals surface area contributed by atoms with Crippen molar-refractivity contribution in [2.75, 3.05) is 17.6 Å². The van der Waals surface area contributed by atoms with Crippen LogP contribution >= 0.6 is 0 Å². The molecule has 98 valence electrons. The fourth-order valence-electron chi connectivity index (χ4n) is 2.08. The van der Waals surface area contributed by atoms with Gasteiger partial charge in [0, 0.05) is 6.54 Å². The first-order chi connectivity index (χ1) is 8.46. The second kappa shape index (κ2) is 4.40. The van der Waals surface area contributed by atoms with E-state index in [1.54, 1.807) is 0 Å². The van der Waals surface area contributed by atoms with E-state index in [-0.39, 0.29) is 22.7 Å². The van der Waals surface area contributed by atoms with Crippen LogP contribution in [-0.4, -0.2) is 21.4 Å². The molecule has 1 saturated carbocycles. The smallest absolute Gasteiger partial charge is 0.352 e. The Labute approximate surface area is 105 Å². The van der Waals surface area contributed by atoms with E-state index in [0.717, 1.165) is 12.8 Å². The number of hydrogen-bond acceptors (Lipinski definition) is 6. The van der Waals surface area contributed by atoms with E-state index in [9.17, 15) is 10.1 Å². The normalized spacial score (nSPS) is 16.6. The Hall–Kier alpha value is -1.92. The molecule has 1 aromatic heterocycles. The highest BCUT2D eigenvalue weighted by Gasteiger charge is 2.45. The van der Waals surface area contributed by atoms with Crippen LogP contribution in [0.3, 0.4) is 0 Å². The number of nitrogens with one attached hydrogen (secondary N) is 1. The number of nitro groups is 1. The van der Waals surface area contributed by atoms with Gasteiger partial charge in [0.2, 0.25) is 11.6 Å². The van der Waals surface area contributed by atoms with Crippen molar-refractivity contribution in [1.29, 1.82) is 0 Å². The number of hydrogen-bond donors (Lipinski definition) is 2. The van der Waals surface area contributed by atoms with Crippen LogP contribution in [-0.2, 0) is 0 Å². The Morgan fingerprint density at radius 2 is 2.22 bits per heavy atom. The Kier molecular flexibility index (Phi) is 3.06. The molecule has 0 spiro atoms. The molecule has 0 aliphatic heterocycles. The molecule has 0 atom stereocenters. The van der Waals surface area contributed by atoms with E-state index in [1.807, 2.05) is 0 Å². The molecule has 3 N–H and O–H groups in total. The molecule has 1 aromatic rings. The predicted octanol–water partition coefficient (Wildman–Crippen LogP) is 1.82. The second-order valence-corrected chi connectivity index (χ2v) is 5.08. The fourth-order valence-corrected chi connectivity index (χ4v) is 2.08. The van der Waals surface area contributed by atoms with Gasteiger partial charge in [0.05, 0.1) is 4.92 Å². The molecule has 1 heterocycles. The van der Waals surface area contributed by atoms with E-state index >= 15 is 0 Å². The minimum absolute atomic E-state index is 0.105. The van der Waals surface area contributed by atoms with Crippen molar-refractivity contribution >= 4 is 17.3 Å². The van der Waals surface area contributed by atoms with Gasteiger partial charge in [-0.15, -0.1) is 0 Å². The molecular weight excluding hydrogens is 234 g/mol. The Morgan fingerprint density at radius 3 is 2.72 bits per heavy atom. The van der Waals surface area contributed by atoms with Gasteiger partial charge in [-0.1, -0.05) is 13.8 Å². The van der Waals surface area contributed by atoms with Crippen LogP contribution in [0.1, 0.15) is 26.7 Å². The first-order valence-corrected chi connectivity index (χ1v) is 5.95. The highest BCUT2D eigenvalue weighted by Crippen LogP contribution is 2.51. The topological polar surface area (TPSA) is 107 Å². The summed E-state index contributed by atoms with van der Waals surface area (Å²) < 4.78 is 0. The van der Waals surface area contributed by atoms with E-state index in [1.165, 1.54) is 6.33 Å². The molecular formula is C11H17N5O2. The highest BCUT2D eigenvalue weighted by molar-refractivity contribution is 5.67. The summed E-state index contributed by atoms with van der Waals surface area (Å²) >= 11 is 0. The molecule has 1 aliphatic rings. The van der Waals surface area contributed by atoms with Gasteiger partial charge in [-0.05, 0) is 24.2 Å². The standard InChI is InChI=1S/C11H17N5O2/c1-7(2)11(3-4-11)5-13-10-8(16(17)18)9(12)14-6-15-10/h6-7H,3-5H2,1-2H3,(H3,12,13,14,15). The lowest BCUT2D eigenvalue weighted by molar-refractivity contribution is -0.383. The SMILES string of the molecule is CC(C)C1(CNc2ncnc(N)c2[N+](=O)[O-])CC1. The molecule has 0 bridgehead atoms. The Morgan fingerprint density at radius 1 is 1.56 bits per heavy atom. The molecule has 18 heavy (non-hydrogen) atoms. The highest BCUT2D eigenvalue weighted by atomic mass is 16.6. The molecule has 2 rings (SSSR count). The van der Waals surface area contributed by atoms with E-state index < -0.39 is 4.92 Å². The van der Waals surface area contributed by atoms with Crippen LogP contribution < -0.4 is 11.1 Å². The first kappa shape index (κ1) is 12.5. The maximum absolute atomic E-state index is 10.9. The van der Waals surface area contributed by atoms with Gasteiger partial charge in [0.25, 0.3) is 0 Å². The van der Waals surface area contributed by atoms with Crippen LogP contribution in [0, 0.1) is 21.4 Å². The van der Waals surface area contributed by atoms with Gasteiger partial charge in [0.15, 0.2) is 0 Å². The minimum Gasteiger partial charge on any atom is -0.378 e. The van der Waals surface area contributed by atoms with Crippen molar-refractivity contribution in [2.45, 2.75) is 26.7 Å². The lowest BCUT2D eigenvalue weighted by Gasteiger charge is -2.20. The summed E-state index contributed by atoms with van der Waals surface area (Å²) in [6.07, 6.45) is 3.53. The molecule has 1 aliphatic carbocycles. The van der Waals surface area contributed by atoms with E-state index in [4.69, 9.17) is 5.73 Å². The zero-order valence-corrected chi connectivity index (χ0v) is 10.5. The molecule has 0 unspecified atom stereocenters. The summed E-state index contributed by atoms with van der Waals surface area (Å²) in [6, 6.07) is 0. The average Bonchev–Trinajstić information content (AvgIpc) is 3.06. The van der Waals surface area contributed by atoms with Gasteiger partial charge in [-0.25, -0.2) is 9.97 Å². The minimum atomic E-state index is -0.549. The summed E-state index contributed by atoms with van der Waals surface area (Å²) in [7, 11) is 0. The van der Waals surface area contributed by atoms with Crippen molar-refractivity contribution < 1.29 is 4.92 Å². The molecule has 0 aromatic carbocycles. The van der Waals surface area contributed by atoms with Gasteiger partial charge < -0.3 is 11.1 Å². The molecule has 0 saturated heterocycles. The molecule has 7 heteroatoms. The number of nitrogens with two attached hydrogens (primary N) is 1. The number of nitrogens with zero attached hydrogens (tertiary/aromatic N) is 3. The molecule has 1 fully saturated rings. The summed E-state index contributed by atoms with van der Waals surface area (Å²) in [5.41, 5.74) is 5.51. The number of anilines is 2. The number of rotatable bonds is 5. The largest absolute Gasteiger partial charge is 0.378 e. The quantitative estimate of drug-likeness (QED) is 0.610. The predicted molar refractivity (Wildman–Crippen MR) is 68.1 cm³/mol. The van der Waals surface area contributed by atoms with Crippen molar-refractivity contribution in [3.63, 3.8) is 0 Å². The van der Waals surface area contributed by atoms with Crippen LogP contribution in [0.25, 0.3) is 0 Å².